The van der Waals surface area contributed by atoms with Gasteiger partial charge in [-0.1, -0.05) is 56.3 Å². The molecule has 0 fully saturated rings. The molecular formula is C30H43N5O6. The first-order valence-corrected chi connectivity index (χ1v) is 13.9. The van der Waals surface area contributed by atoms with E-state index in [4.69, 9.17) is 11.5 Å². The quantitative estimate of drug-likeness (QED) is 0.138. The number of phenolic OH excluding ortho intramolecular Hbond substituents is 1. The van der Waals surface area contributed by atoms with Gasteiger partial charge in [0.2, 0.25) is 17.7 Å². The van der Waals surface area contributed by atoms with Crippen LogP contribution < -0.4 is 27.4 Å². The summed E-state index contributed by atoms with van der Waals surface area (Å²) in [5, 5.41) is 27.4. The Kier molecular flexibility index (Phi) is 13.8. The molecule has 2 rings (SSSR count). The summed E-state index contributed by atoms with van der Waals surface area (Å²) in [5.41, 5.74) is 13.0. The highest BCUT2D eigenvalue weighted by Crippen LogP contribution is 2.13. The van der Waals surface area contributed by atoms with Crippen LogP contribution in [0.25, 0.3) is 0 Å². The zero-order valence-corrected chi connectivity index (χ0v) is 23.7. The second-order valence-corrected chi connectivity index (χ2v) is 10.6. The molecular weight excluding hydrogens is 526 g/mol. The molecule has 3 amide bonds. The molecule has 224 valence electrons. The van der Waals surface area contributed by atoms with E-state index in [1.165, 1.54) is 12.1 Å². The lowest BCUT2D eigenvalue weighted by Crippen LogP contribution is -2.57. The lowest BCUT2D eigenvalue weighted by atomic mass is 10.0. The van der Waals surface area contributed by atoms with Crippen LogP contribution in [-0.2, 0) is 32.0 Å². The Balaban J connectivity index is 2.26. The number of aliphatic carboxylic acids is 1. The minimum atomic E-state index is -1.24. The molecule has 0 aromatic heterocycles. The van der Waals surface area contributed by atoms with Crippen LogP contribution in [0.2, 0.25) is 0 Å². The van der Waals surface area contributed by atoms with Crippen molar-refractivity contribution in [2.75, 3.05) is 6.54 Å². The van der Waals surface area contributed by atoms with Crippen LogP contribution >= 0.6 is 0 Å². The number of carboxylic acid groups (broad SMARTS) is 1. The largest absolute Gasteiger partial charge is 0.508 e. The summed E-state index contributed by atoms with van der Waals surface area (Å²) < 4.78 is 0. The van der Waals surface area contributed by atoms with Gasteiger partial charge in [-0.05, 0) is 61.4 Å². The molecule has 11 nitrogen and oxygen atoms in total. The number of carbonyl (C=O) groups is 4. The number of rotatable bonds is 17. The molecule has 2 aromatic rings. The lowest BCUT2D eigenvalue weighted by molar-refractivity contribution is -0.142. The Morgan fingerprint density at radius 2 is 1.29 bits per heavy atom. The van der Waals surface area contributed by atoms with Crippen LogP contribution in [0.3, 0.4) is 0 Å². The monoisotopic (exact) mass is 569 g/mol. The van der Waals surface area contributed by atoms with Crippen molar-refractivity contribution in [3.8, 4) is 5.75 Å². The van der Waals surface area contributed by atoms with E-state index >= 15 is 0 Å². The van der Waals surface area contributed by atoms with Crippen molar-refractivity contribution in [3.05, 3.63) is 65.7 Å². The second-order valence-electron chi connectivity index (χ2n) is 10.6. The number of nitrogens with one attached hydrogen (secondary N) is 3. The van der Waals surface area contributed by atoms with Crippen LogP contribution in [0.15, 0.2) is 54.6 Å². The van der Waals surface area contributed by atoms with Gasteiger partial charge in [0.1, 0.15) is 23.9 Å². The molecule has 0 aliphatic carbocycles. The molecule has 0 spiro atoms. The summed E-state index contributed by atoms with van der Waals surface area (Å²) in [6.07, 6.45) is 1.98. The zero-order valence-electron chi connectivity index (χ0n) is 23.7. The van der Waals surface area contributed by atoms with Crippen LogP contribution in [0.5, 0.6) is 5.75 Å². The molecule has 2 aromatic carbocycles. The molecule has 0 heterocycles. The van der Waals surface area contributed by atoms with Gasteiger partial charge in [0.25, 0.3) is 0 Å². The topological polar surface area (TPSA) is 197 Å². The molecule has 0 radical (unpaired) electrons. The van der Waals surface area contributed by atoms with Gasteiger partial charge in [0, 0.05) is 12.8 Å². The Morgan fingerprint density at radius 1 is 0.756 bits per heavy atom. The van der Waals surface area contributed by atoms with E-state index in [1.807, 2.05) is 13.8 Å². The fourth-order valence-electron chi connectivity index (χ4n) is 4.33. The molecule has 9 N–H and O–H groups in total. The summed E-state index contributed by atoms with van der Waals surface area (Å²) >= 11 is 0. The SMILES string of the molecule is CC(C)CC(N)C(=O)NC(CCCCN)C(=O)NC(Cc1ccc(O)cc1)C(=O)NC(Cc1ccccc1)C(=O)O. The molecule has 4 atom stereocenters. The Bertz CT molecular complexity index is 1130. The number of nitrogens with two attached hydrogens (primary N) is 2. The van der Waals surface area contributed by atoms with Crippen molar-refractivity contribution in [1.82, 2.24) is 16.0 Å². The van der Waals surface area contributed by atoms with Gasteiger partial charge in [-0.2, -0.15) is 0 Å². The standard InChI is InChI=1S/C30H43N5O6/c1-19(2)16-23(32)27(37)33-24(10-6-7-15-31)28(38)34-25(17-21-11-13-22(36)14-12-21)29(39)35-26(30(40)41)18-20-8-4-3-5-9-20/h3-5,8-9,11-14,19,23-26,36H,6-7,10,15-18,31-32H2,1-2H3,(H,33,37)(H,34,38)(H,35,39)(H,40,41). The molecule has 4 unspecified atom stereocenters. The van der Waals surface area contributed by atoms with Gasteiger partial charge in [0.05, 0.1) is 6.04 Å². The summed E-state index contributed by atoms with van der Waals surface area (Å²) in [7, 11) is 0. The number of unbranched alkanes of at least 4 members (excludes halogenated alkanes) is 1. The van der Waals surface area contributed by atoms with Gasteiger partial charge in [0.15, 0.2) is 0 Å². The fourth-order valence-corrected chi connectivity index (χ4v) is 4.33. The summed E-state index contributed by atoms with van der Waals surface area (Å²) in [6.45, 7) is 4.29. The third-order valence-electron chi connectivity index (χ3n) is 6.55. The highest BCUT2D eigenvalue weighted by molar-refractivity contribution is 5.94. The van der Waals surface area contributed by atoms with Gasteiger partial charge < -0.3 is 37.6 Å². The number of hydrogen-bond acceptors (Lipinski definition) is 7. The number of phenols is 1. The lowest BCUT2D eigenvalue weighted by Gasteiger charge is -2.26. The predicted octanol–water partition coefficient (Wildman–Crippen LogP) is 1.22. The van der Waals surface area contributed by atoms with Crippen LogP contribution in [0.4, 0.5) is 0 Å². The van der Waals surface area contributed by atoms with E-state index in [9.17, 15) is 29.4 Å². The third kappa shape index (κ3) is 12.0. The van der Waals surface area contributed by atoms with Gasteiger partial charge >= 0.3 is 5.97 Å². The number of carboxylic acids is 1. The molecule has 0 bridgehead atoms. The van der Waals surface area contributed by atoms with Gasteiger partial charge in [-0.3, -0.25) is 14.4 Å². The van der Waals surface area contributed by atoms with E-state index < -0.39 is 47.9 Å². The smallest absolute Gasteiger partial charge is 0.326 e. The van der Waals surface area contributed by atoms with Crippen LogP contribution in [-0.4, -0.2) is 64.6 Å². The number of carbonyl (C=O) groups excluding carboxylic acids is 3. The van der Waals surface area contributed by atoms with E-state index in [-0.39, 0.29) is 30.9 Å². The van der Waals surface area contributed by atoms with Crippen LogP contribution in [0, 0.1) is 5.92 Å². The van der Waals surface area contributed by atoms with Crippen LogP contribution in [0.1, 0.15) is 50.7 Å². The van der Waals surface area contributed by atoms with Crippen molar-refractivity contribution in [2.24, 2.45) is 17.4 Å². The van der Waals surface area contributed by atoms with Crippen molar-refractivity contribution < 1.29 is 29.4 Å². The van der Waals surface area contributed by atoms with Crippen molar-refractivity contribution in [1.29, 1.82) is 0 Å². The number of benzene rings is 2. The Hall–Kier alpha value is -3.96. The maximum absolute atomic E-state index is 13.5. The maximum atomic E-state index is 13.5. The second kappa shape index (κ2) is 17.0. The highest BCUT2D eigenvalue weighted by Gasteiger charge is 2.30. The zero-order chi connectivity index (χ0) is 30.4. The first-order chi connectivity index (χ1) is 19.5. The predicted molar refractivity (Wildman–Crippen MR) is 156 cm³/mol. The summed E-state index contributed by atoms with van der Waals surface area (Å²) in [4.78, 5) is 51.6. The van der Waals surface area contributed by atoms with E-state index in [0.717, 1.165) is 5.56 Å². The molecule has 11 heteroatoms. The molecule has 41 heavy (non-hydrogen) atoms. The van der Waals surface area contributed by atoms with Crippen molar-refractivity contribution in [3.63, 3.8) is 0 Å². The molecule has 0 saturated carbocycles. The fraction of sp³-hybridized carbons (Fsp3) is 0.467. The number of aromatic hydroxyl groups is 1. The average Bonchev–Trinajstić information content (AvgIpc) is 2.92. The van der Waals surface area contributed by atoms with E-state index in [2.05, 4.69) is 16.0 Å². The third-order valence-corrected chi connectivity index (χ3v) is 6.55. The highest BCUT2D eigenvalue weighted by atomic mass is 16.4. The summed E-state index contributed by atoms with van der Waals surface area (Å²) in [5.74, 6) is -2.77. The normalized spacial score (nSPS) is 14.0. The minimum absolute atomic E-state index is 0.0197. The van der Waals surface area contributed by atoms with Gasteiger partial charge in [-0.15, -0.1) is 0 Å². The maximum Gasteiger partial charge on any atom is 0.326 e. The first kappa shape index (κ1) is 33.2. The molecule has 0 saturated heterocycles. The average molecular weight is 570 g/mol. The van der Waals surface area contributed by atoms with E-state index in [0.29, 0.717) is 31.4 Å². The molecule has 0 aliphatic heterocycles. The number of amides is 3. The van der Waals surface area contributed by atoms with E-state index in [1.54, 1.807) is 42.5 Å². The summed E-state index contributed by atoms with van der Waals surface area (Å²) in [6, 6.07) is 10.8. The van der Waals surface area contributed by atoms with Crippen molar-refractivity contribution >= 4 is 23.7 Å². The Morgan fingerprint density at radius 3 is 1.88 bits per heavy atom. The van der Waals surface area contributed by atoms with Crippen molar-refractivity contribution in [2.45, 2.75) is 76.5 Å². The first-order valence-electron chi connectivity index (χ1n) is 13.9. The number of hydrogen-bond donors (Lipinski definition) is 7. The Labute approximate surface area is 241 Å². The minimum Gasteiger partial charge on any atom is -0.508 e. The molecule has 0 aliphatic rings. The van der Waals surface area contributed by atoms with Gasteiger partial charge in [-0.25, -0.2) is 4.79 Å².